The lowest BCUT2D eigenvalue weighted by Crippen LogP contribution is -2.44. The smallest absolute Gasteiger partial charge is 0.407 e. The molecule has 1 heterocycles. The third kappa shape index (κ3) is 8.47. The van der Waals surface area contributed by atoms with Crippen molar-refractivity contribution in [3.63, 3.8) is 0 Å². The van der Waals surface area contributed by atoms with Gasteiger partial charge in [-0.2, -0.15) is 0 Å². The second-order valence-electron chi connectivity index (χ2n) is 8.70. The molecular formula is C23H37N5O3. The lowest BCUT2D eigenvalue weighted by Gasteiger charge is -2.23. The van der Waals surface area contributed by atoms with Gasteiger partial charge in [0.15, 0.2) is 5.96 Å². The van der Waals surface area contributed by atoms with Crippen molar-refractivity contribution >= 4 is 18.0 Å². The van der Waals surface area contributed by atoms with Crippen molar-refractivity contribution in [2.24, 2.45) is 4.99 Å². The molecule has 8 nitrogen and oxygen atoms in total. The summed E-state index contributed by atoms with van der Waals surface area (Å²) in [7, 11) is 0. The van der Waals surface area contributed by atoms with Gasteiger partial charge in [-0.15, -0.1) is 0 Å². The number of alkyl carbamates (subject to hydrolysis) is 1. The van der Waals surface area contributed by atoms with Crippen molar-refractivity contribution in [2.75, 3.05) is 26.2 Å². The van der Waals surface area contributed by atoms with Gasteiger partial charge >= 0.3 is 6.09 Å². The second kappa shape index (κ2) is 11.6. The minimum absolute atomic E-state index is 0.0179. The first-order chi connectivity index (χ1) is 14.7. The first-order valence-corrected chi connectivity index (χ1v) is 11.1. The van der Waals surface area contributed by atoms with E-state index in [2.05, 4.69) is 20.9 Å². The average Bonchev–Trinajstić information content (AvgIpc) is 3.16. The number of likely N-dealkylation sites (tertiary alicyclic amines) is 1. The number of carbonyl (C=O) groups is 2. The third-order valence-electron chi connectivity index (χ3n) is 4.68. The van der Waals surface area contributed by atoms with E-state index in [0.717, 1.165) is 37.5 Å². The quantitative estimate of drug-likeness (QED) is 0.456. The number of benzene rings is 1. The van der Waals surface area contributed by atoms with Gasteiger partial charge in [-0.3, -0.25) is 4.79 Å². The molecule has 0 aliphatic carbocycles. The molecule has 1 saturated heterocycles. The van der Waals surface area contributed by atoms with Crippen LogP contribution in [0.2, 0.25) is 0 Å². The molecule has 1 fully saturated rings. The van der Waals surface area contributed by atoms with Crippen LogP contribution < -0.4 is 16.0 Å². The van der Waals surface area contributed by atoms with Crippen LogP contribution in [0.25, 0.3) is 0 Å². The van der Waals surface area contributed by atoms with E-state index in [0.29, 0.717) is 25.2 Å². The van der Waals surface area contributed by atoms with Crippen molar-refractivity contribution < 1.29 is 14.3 Å². The van der Waals surface area contributed by atoms with E-state index in [1.54, 1.807) is 0 Å². The fraction of sp³-hybridized carbons (Fsp3) is 0.609. The minimum Gasteiger partial charge on any atom is -0.444 e. The van der Waals surface area contributed by atoms with E-state index >= 15 is 0 Å². The summed E-state index contributed by atoms with van der Waals surface area (Å²) >= 11 is 0. The molecule has 1 aromatic carbocycles. The molecule has 2 rings (SSSR count). The van der Waals surface area contributed by atoms with Gasteiger partial charge in [-0.05, 0) is 58.2 Å². The predicted octanol–water partition coefficient (Wildman–Crippen LogP) is 2.89. The van der Waals surface area contributed by atoms with Crippen LogP contribution in [0.1, 0.15) is 63.4 Å². The van der Waals surface area contributed by atoms with Crippen molar-refractivity contribution in [2.45, 2.75) is 65.6 Å². The number of hydrogen-bond acceptors (Lipinski definition) is 4. The normalized spacial score (nSPS) is 16.7. The van der Waals surface area contributed by atoms with Crippen molar-refractivity contribution in [3.8, 4) is 0 Å². The standard InChI is InChI=1S/C23H37N5O3/c1-6-12-25-20(29)18-10-8-9-17(14-18)15-26-21(24-7-2)28-13-11-19(16-28)27-22(30)31-23(3,4)5/h8-10,14,19H,6-7,11-13,15-16H2,1-5H3,(H,24,26)(H,25,29)(H,27,30). The Morgan fingerprint density at radius 1 is 1.23 bits per heavy atom. The largest absolute Gasteiger partial charge is 0.444 e. The molecular weight excluding hydrogens is 394 g/mol. The highest BCUT2D eigenvalue weighted by Gasteiger charge is 2.27. The van der Waals surface area contributed by atoms with Crippen molar-refractivity contribution in [1.82, 2.24) is 20.9 Å². The highest BCUT2D eigenvalue weighted by atomic mass is 16.6. The van der Waals surface area contributed by atoms with Crippen LogP contribution in [0.3, 0.4) is 0 Å². The molecule has 1 atom stereocenters. The first-order valence-electron chi connectivity index (χ1n) is 11.1. The van der Waals surface area contributed by atoms with Gasteiger partial charge in [0.05, 0.1) is 12.6 Å². The zero-order valence-corrected chi connectivity index (χ0v) is 19.5. The number of aliphatic imine (C=N–C) groups is 1. The van der Waals surface area contributed by atoms with Gasteiger partial charge in [0.2, 0.25) is 0 Å². The van der Waals surface area contributed by atoms with Crippen molar-refractivity contribution in [3.05, 3.63) is 35.4 Å². The van der Waals surface area contributed by atoms with Crippen LogP contribution in [0.5, 0.6) is 0 Å². The SMILES string of the molecule is CCCNC(=O)c1cccc(CN=C(NCC)N2CCC(NC(=O)OC(C)(C)C)C2)c1. The molecule has 1 aliphatic rings. The van der Waals surface area contributed by atoms with E-state index in [1.807, 2.05) is 58.9 Å². The maximum atomic E-state index is 12.2. The summed E-state index contributed by atoms with van der Waals surface area (Å²) in [5, 5.41) is 9.17. The monoisotopic (exact) mass is 431 g/mol. The molecule has 0 saturated carbocycles. The number of nitrogens with one attached hydrogen (secondary N) is 3. The average molecular weight is 432 g/mol. The fourth-order valence-corrected chi connectivity index (χ4v) is 3.29. The number of rotatable bonds is 7. The maximum absolute atomic E-state index is 12.2. The first kappa shape index (κ1) is 24.5. The zero-order chi connectivity index (χ0) is 22.9. The summed E-state index contributed by atoms with van der Waals surface area (Å²) < 4.78 is 5.36. The number of amides is 2. The van der Waals surface area contributed by atoms with Crippen LogP contribution in [0.4, 0.5) is 4.79 Å². The van der Waals surface area contributed by atoms with Gasteiger partial charge in [0, 0.05) is 31.7 Å². The summed E-state index contributed by atoms with van der Waals surface area (Å²) in [6, 6.07) is 7.57. The lowest BCUT2D eigenvalue weighted by molar-refractivity contribution is 0.0507. The Hall–Kier alpha value is -2.77. The maximum Gasteiger partial charge on any atom is 0.407 e. The van der Waals surface area contributed by atoms with Gasteiger partial charge in [-0.25, -0.2) is 9.79 Å². The Morgan fingerprint density at radius 3 is 2.68 bits per heavy atom. The van der Waals surface area contributed by atoms with Crippen LogP contribution >= 0.6 is 0 Å². The predicted molar refractivity (Wildman–Crippen MR) is 123 cm³/mol. The molecule has 0 bridgehead atoms. The van der Waals surface area contributed by atoms with Gasteiger partial charge in [0.1, 0.15) is 5.60 Å². The van der Waals surface area contributed by atoms with Crippen LogP contribution in [0.15, 0.2) is 29.3 Å². The van der Waals surface area contributed by atoms with E-state index in [4.69, 9.17) is 9.73 Å². The topological polar surface area (TPSA) is 95.1 Å². The summed E-state index contributed by atoms with van der Waals surface area (Å²) in [5.41, 5.74) is 1.11. The third-order valence-corrected chi connectivity index (χ3v) is 4.68. The molecule has 31 heavy (non-hydrogen) atoms. The van der Waals surface area contributed by atoms with E-state index in [-0.39, 0.29) is 18.0 Å². The Bertz CT molecular complexity index is 773. The van der Waals surface area contributed by atoms with E-state index in [9.17, 15) is 9.59 Å². The van der Waals surface area contributed by atoms with Gasteiger partial charge in [-0.1, -0.05) is 19.1 Å². The molecule has 0 spiro atoms. The van der Waals surface area contributed by atoms with Gasteiger partial charge in [0.25, 0.3) is 5.91 Å². The molecule has 1 aliphatic heterocycles. The highest BCUT2D eigenvalue weighted by Crippen LogP contribution is 2.13. The summed E-state index contributed by atoms with van der Waals surface area (Å²) in [4.78, 5) is 31.2. The lowest BCUT2D eigenvalue weighted by atomic mass is 10.1. The number of nitrogens with zero attached hydrogens (tertiary/aromatic N) is 2. The zero-order valence-electron chi connectivity index (χ0n) is 19.5. The fourth-order valence-electron chi connectivity index (χ4n) is 3.29. The van der Waals surface area contributed by atoms with E-state index < -0.39 is 5.60 Å². The Morgan fingerprint density at radius 2 is 2.00 bits per heavy atom. The molecule has 172 valence electrons. The molecule has 0 aromatic heterocycles. The Labute approximate surface area is 185 Å². The summed E-state index contributed by atoms with van der Waals surface area (Å²) in [6.45, 7) is 13.0. The molecule has 1 unspecified atom stereocenters. The second-order valence-corrected chi connectivity index (χ2v) is 8.70. The number of carbonyl (C=O) groups excluding carboxylic acids is 2. The van der Waals surface area contributed by atoms with Gasteiger partial charge < -0.3 is 25.6 Å². The summed E-state index contributed by atoms with van der Waals surface area (Å²) in [6.07, 6.45) is 1.34. The summed E-state index contributed by atoms with van der Waals surface area (Å²) in [5.74, 6) is 0.743. The molecule has 3 N–H and O–H groups in total. The Kier molecular flexibility index (Phi) is 9.15. The molecule has 2 amide bonds. The Balaban J connectivity index is 1.98. The molecule has 8 heteroatoms. The van der Waals surface area contributed by atoms with E-state index in [1.165, 1.54) is 0 Å². The van der Waals surface area contributed by atoms with Crippen LogP contribution in [-0.4, -0.2) is 60.7 Å². The minimum atomic E-state index is -0.513. The molecule has 1 aromatic rings. The van der Waals surface area contributed by atoms with Crippen LogP contribution in [-0.2, 0) is 11.3 Å². The molecule has 0 radical (unpaired) electrons. The van der Waals surface area contributed by atoms with Crippen LogP contribution in [0, 0.1) is 0 Å². The number of hydrogen-bond donors (Lipinski definition) is 3. The van der Waals surface area contributed by atoms with Crippen molar-refractivity contribution in [1.29, 1.82) is 0 Å². The number of guanidine groups is 1. The number of ether oxygens (including phenoxy) is 1. The highest BCUT2D eigenvalue weighted by molar-refractivity contribution is 5.94.